The third kappa shape index (κ3) is 22.3. The van der Waals surface area contributed by atoms with Crippen LogP contribution in [0.5, 0.6) is 5.75 Å². The quantitative estimate of drug-likeness (QED) is 0.0304. The van der Waals surface area contributed by atoms with Crippen molar-refractivity contribution < 1.29 is 96.1 Å². The lowest BCUT2D eigenvalue weighted by Crippen LogP contribution is -2.66. The van der Waals surface area contributed by atoms with Crippen LogP contribution in [0.3, 0.4) is 0 Å². The van der Waals surface area contributed by atoms with Crippen LogP contribution < -0.4 is 52.6 Å². The van der Waals surface area contributed by atoms with Crippen molar-refractivity contribution in [3.05, 3.63) is 64.1 Å². The lowest BCUT2D eigenvalue weighted by molar-refractivity contribution is -0.149. The number of carboxylic acid groups (broad SMARTS) is 1. The third-order valence-electron chi connectivity index (χ3n) is 17.7. The first kappa shape index (κ1) is 82.3. The molecule has 0 aliphatic carbocycles. The summed E-state index contributed by atoms with van der Waals surface area (Å²) in [6.45, 7) is 17.2. The fourth-order valence-electron chi connectivity index (χ4n) is 10.6. The Morgan fingerprint density at radius 1 is 0.696 bits per heavy atom. The van der Waals surface area contributed by atoms with Gasteiger partial charge >= 0.3 is 17.9 Å². The van der Waals surface area contributed by atoms with Crippen LogP contribution in [0.2, 0.25) is 0 Å². The highest BCUT2D eigenvalue weighted by Gasteiger charge is 2.42. The van der Waals surface area contributed by atoms with Gasteiger partial charge in [0.2, 0.25) is 53.2 Å². The van der Waals surface area contributed by atoms with Gasteiger partial charge in [-0.3, -0.25) is 91.4 Å². The minimum Gasteiger partial charge on any atom is -0.481 e. The van der Waals surface area contributed by atoms with Gasteiger partial charge in [0.25, 0.3) is 29.5 Å². The molecule has 7 unspecified atom stereocenters. The van der Waals surface area contributed by atoms with Gasteiger partial charge in [0.15, 0.2) is 11.9 Å². The van der Waals surface area contributed by atoms with Gasteiger partial charge in [-0.15, -0.1) is 11.3 Å². The van der Waals surface area contributed by atoms with Crippen LogP contribution in [0.25, 0.3) is 0 Å². The molecule has 4 heterocycles. The maximum atomic E-state index is 14.4. The number of carbonyl (C=O) groups is 17. The Morgan fingerprint density at radius 2 is 1.19 bits per heavy atom. The second kappa shape index (κ2) is 36.3. The van der Waals surface area contributed by atoms with E-state index in [1.807, 2.05) is 27.7 Å². The second-order valence-corrected chi connectivity index (χ2v) is 27.3. The van der Waals surface area contributed by atoms with E-state index < -0.39 is 187 Å². The lowest BCUT2D eigenvalue weighted by Gasteiger charge is -2.38. The number of rotatable bonds is 27. The number of aliphatic carboxylic acids is 1. The number of nitrogens with one attached hydrogen (secondary N) is 9. The largest absolute Gasteiger partial charge is 0.481 e. The summed E-state index contributed by atoms with van der Waals surface area (Å²) in [5.74, 6) is -17.5. The second-order valence-electron chi connectivity index (χ2n) is 26.4. The highest BCUT2D eigenvalue weighted by atomic mass is 32.1. The zero-order chi connectivity index (χ0) is 76.5. The van der Waals surface area contributed by atoms with E-state index in [9.17, 15) is 86.6 Å². The van der Waals surface area contributed by atoms with Gasteiger partial charge in [-0.2, -0.15) is 0 Å². The number of ether oxygens (including phenoxy) is 2. The van der Waals surface area contributed by atoms with Gasteiger partial charge < -0.3 is 67.3 Å². The molecule has 3 aliphatic rings. The fraction of sp³-hybridized carbons (Fsp3) is 0.552. The molecule has 0 saturated heterocycles. The summed E-state index contributed by atoms with van der Waals surface area (Å²) in [6.07, 6.45) is 1.62. The summed E-state index contributed by atoms with van der Waals surface area (Å²) in [5, 5.41) is 34.0. The first-order valence-electron chi connectivity index (χ1n) is 33.1. The zero-order valence-corrected chi connectivity index (χ0v) is 60.4. The van der Waals surface area contributed by atoms with Crippen molar-refractivity contribution in [3.8, 4) is 5.75 Å². The van der Waals surface area contributed by atoms with Crippen LogP contribution in [0.4, 0.5) is 5.69 Å². The Kier molecular flexibility index (Phi) is 29.3. The van der Waals surface area contributed by atoms with Gasteiger partial charge in [-0.05, 0) is 98.0 Å². The molecule has 35 heteroatoms. The predicted molar refractivity (Wildman–Crippen MR) is 364 cm³/mol. The molecule has 1 aromatic heterocycles. The number of hydrogen-bond acceptors (Lipinski definition) is 22. The summed E-state index contributed by atoms with van der Waals surface area (Å²) in [6, 6.07) is -9.26. The minimum absolute atomic E-state index is 0.0255. The number of nitrogens with zero attached hydrogens (tertiary/aromatic N) is 5. The summed E-state index contributed by atoms with van der Waals surface area (Å²) >= 11 is 0.991. The van der Waals surface area contributed by atoms with Crippen LogP contribution in [-0.2, 0) is 87.9 Å². The van der Waals surface area contributed by atoms with Crippen molar-refractivity contribution in [1.82, 2.24) is 67.1 Å². The number of anilines is 1. The highest BCUT2D eigenvalue weighted by Crippen LogP contribution is 2.32. The molecular formula is C67H92N14O20S. The SMILES string of the molecule is CC[C@H](C)[C@H](NC(=O)C(C)(C)N(C)C)C(=O)N(C)[C@H](C[C@@H](OC(C)=O)c1nc(C(=O)N[C@@H](Cc2ccc3c(c2)NC(=O)C(C)NC(=O)C(C)NC(=O)C(NC(=O)CCN2C(=O)C=CC2=O)C(NC(=O)CCN2C(=O)C=CC2=O)C(=O)NC(C)C(=O)NC(C)C(=O)O3)CC(C)C(=O)O)cs1)C(C)C. The predicted octanol–water partition coefficient (Wildman–Crippen LogP) is -0.581. The number of carboxylic acids is 1. The number of thiazole rings is 1. The molecule has 556 valence electrons. The number of imide groups is 2. The zero-order valence-electron chi connectivity index (χ0n) is 59.6. The van der Waals surface area contributed by atoms with E-state index in [0.717, 1.165) is 49.5 Å². The van der Waals surface area contributed by atoms with Gasteiger partial charge in [-0.25, -0.2) is 9.78 Å². The number of amides is 14. The third-order valence-corrected chi connectivity index (χ3v) is 18.6. The van der Waals surface area contributed by atoms with Gasteiger partial charge in [-0.1, -0.05) is 47.1 Å². The number of fused-ring (bicyclic) bond motifs is 1. The molecule has 14 amide bonds. The molecular weight excluding hydrogens is 1350 g/mol. The molecule has 0 spiro atoms. The van der Waals surface area contributed by atoms with Gasteiger partial charge in [0, 0.05) is 88.1 Å². The molecule has 0 saturated carbocycles. The number of likely N-dealkylation sites (N-methyl/N-ethyl adjacent to an activating group) is 2. The van der Waals surface area contributed by atoms with E-state index in [2.05, 4.69) is 52.8 Å². The Morgan fingerprint density at radius 3 is 1.66 bits per heavy atom. The van der Waals surface area contributed by atoms with Gasteiger partial charge in [0.1, 0.15) is 53.0 Å². The summed E-state index contributed by atoms with van der Waals surface area (Å²) < 4.78 is 11.5. The summed E-state index contributed by atoms with van der Waals surface area (Å²) in [5.41, 5.74) is -1.03. The van der Waals surface area contributed by atoms with E-state index >= 15 is 0 Å². The van der Waals surface area contributed by atoms with Crippen molar-refractivity contribution in [3.63, 3.8) is 0 Å². The molecule has 5 rings (SSSR count). The van der Waals surface area contributed by atoms with E-state index in [-0.39, 0.29) is 65.1 Å². The van der Waals surface area contributed by atoms with Crippen molar-refractivity contribution >= 4 is 118 Å². The summed E-state index contributed by atoms with van der Waals surface area (Å²) in [4.78, 5) is 238. The Balaban J connectivity index is 1.44. The molecule has 0 radical (unpaired) electrons. The molecule has 12 atom stereocenters. The average Bonchev–Trinajstić information content (AvgIpc) is 0.865. The van der Waals surface area contributed by atoms with E-state index in [0.29, 0.717) is 21.8 Å². The molecule has 0 bridgehead atoms. The molecule has 0 fully saturated rings. The smallest absolute Gasteiger partial charge is 0.333 e. The minimum atomic E-state index is -2.20. The molecule has 102 heavy (non-hydrogen) atoms. The van der Waals surface area contributed by atoms with Crippen LogP contribution >= 0.6 is 11.3 Å². The maximum absolute atomic E-state index is 14.4. The molecule has 1 aromatic carbocycles. The van der Waals surface area contributed by atoms with Gasteiger partial charge in [0.05, 0.1) is 17.1 Å². The van der Waals surface area contributed by atoms with Crippen LogP contribution in [0.15, 0.2) is 47.9 Å². The lowest BCUT2D eigenvalue weighted by atomic mass is 9.92. The first-order valence-corrected chi connectivity index (χ1v) is 34.0. The number of esters is 2. The fourth-order valence-corrected chi connectivity index (χ4v) is 11.4. The number of benzene rings is 1. The Labute approximate surface area is 593 Å². The molecule has 2 aromatic rings. The van der Waals surface area contributed by atoms with Crippen LogP contribution in [-0.4, -0.2) is 224 Å². The van der Waals surface area contributed by atoms with E-state index in [1.54, 1.807) is 39.9 Å². The van der Waals surface area contributed by atoms with Crippen molar-refractivity contribution in [2.45, 2.75) is 188 Å². The highest BCUT2D eigenvalue weighted by molar-refractivity contribution is 7.09. The van der Waals surface area contributed by atoms with Crippen molar-refractivity contribution in [2.75, 3.05) is 39.5 Å². The van der Waals surface area contributed by atoms with Crippen molar-refractivity contribution in [1.29, 1.82) is 0 Å². The number of hydrogen-bond donors (Lipinski definition) is 10. The Bertz CT molecular complexity index is 3630. The van der Waals surface area contributed by atoms with Crippen LogP contribution in [0, 0.1) is 17.8 Å². The average molecular weight is 1450 g/mol. The molecule has 34 nitrogen and oxygen atoms in total. The van der Waals surface area contributed by atoms with E-state index in [1.165, 1.54) is 56.2 Å². The summed E-state index contributed by atoms with van der Waals surface area (Å²) in [7, 11) is 5.11. The monoisotopic (exact) mass is 1440 g/mol. The maximum Gasteiger partial charge on any atom is 0.333 e. The number of carbonyl (C=O) groups excluding carboxylic acids is 16. The van der Waals surface area contributed by atoms with E-state index in [4.69, 9.17) is 9.47 Å². The van der Waals surface area contributed by atoms with Crippen molar-refractivity contribution in [2.24, 2.45) is 17.8 Å². The Hall–Kier alpha value is -10.3. The molecule has 10 N–H and O–H groups in total. The normalized spacial score (nSPS) is 21.2. The number of aromatic nitrogens is 1. The van der Waals surface area contributed by atoms with Crippen LogP contribution in [0.1, 0.15) is 142 Å². The standard InChI is InChI=1S/C67H92N14O20S/c1-16-33(4)53(77-66(99)67(11,12)78(13)14)63(95)79(15)44(32(2)3)30-46(100-39(10)82)62-74-43(31-102-62)59(92)72-41(27-34(5)64(96)97)28-40-17-18-45-42(29-40)73-58(91)37(8)68-56(89)35(6)69-60(93)54(75-47(83)23-25-80-49(85)19-20-50(80)86)55(76-48(84)24-26-81-51(87)21-22-52(81)88)61(94)70-36(7)57(90)71-38(9)65(98)101-45/h17-22,29,31-38,41,44,46,53-55H,16,23-28,30H2,1-15H3,(H,68,89)(H,69,93)(H,70,94)(H,71,90)(H,72,92)(H,73,91)(H,75,83)(H,76,84)(H,77,99)(H,96,97)/t33-,34?,35?,36?,37?,38?,41+,44+,46+,53-,54?,55?/m0/s1. The molecule has 3 aliphatic heterocycles. The topological polar surface area (TPSA) is 463 Å². The first-order chi connectivity index (χ1) is 47.6.